The van der Waals surface area contributed by atoms with Gasteiger partial charge in [0.1, 0.15) is 11.4 Å². The Morgan fingerprint density at radius 1 is 1.00 bits per heavy atom. The van der Waals surface area contributed by atoms with Crippen molar-refractivity contribution in [3.8, 4) is 0 Å². The van der Waals surface area contributed by atoms with Gasteiger partial charge in [-0.05, 0) is 70.7 Å². The van der Waals surface area contributed by atoms with Gasteiger partial charge in [-0.1, -0.05) is 0 Å². The van der Waals surface area contributed by atoms with Crippen molar-refractivity contribution < 1.29 is 18.7 Å². The number of rotatable bonds is 3. The van der Waals surface area contributed by atoms with Gasteiger partial charge >= 0.3 is 6.09 Å². The van der Waals surface area contributed by atoms with E-state index in [1.807, 2.05) is 20.8 Å². The van der Waals surface area contributed by atoms with Crippen LogP contribution in [0.5, 0.6) is 0 Å². The molecule has 2 rings (SSSR count). The summed E-state index contributed by atoms with van der Waals surface area (Å²) in [6.07, 6.45) is 2.74. The first-order valence-corrected chi connectivity index (χ1v) is 8.29. The van der Waals surface area contributed by atoms with Crippen LogP contribution in [0, 0.1) is 5.82 Å². The van der Waals surface area contributed by atoms with E-state index in [9.17, 15) is 14.0 Å². The van der Waals surface area contributed by atoms with E-state index in [2.05, 4.69) is 10.6 Å². The molecular weight excluding hydrogens is 311 g/mol. The van der Waals surface area contributed by atoms with E-state index in [0.717, 1.165) is 25.7 Å². The lowest BCUT2D eigenvalue weighted by Crippen LogP contribution is -2.45. The zero-order valence-corrected chi connectivity index (χ0v) is 14.4. The third-order valence-electron chi connectivity index (χ3n) is 3.89. The van der Waals surface area contributed by atoms with Crippen LogP contribution < -0.4 is 10.6 Å². The van der Waals surface area contributed by atoms with Crippen LogP contribution in [0.15, 0.2) is 24.3 Å². The second kappa shape index (κ2) is 7.64. The summed E-state index contributed by atoms with van der Waals surface area (Å²) in [4.78, 5) is 23.9. The van der Waals surface area contributed by atoms with Gasteiger partial charge in [0, 0.05) is 17.6 Å². The summed E-state index contributed by atoms with van der Waals surface area (Å²) >= 11 is 0. The standard InChI is InChI=1S/C18H25FN2O3/c1-18(2,3)24-17(23)21-15-10-8-14(9-11-15)20-16(22)12-4-6-13(19)7-5-12/h4-7,14-15H,8-11H2,1-3H3,(H,20,22)(H,21,23). The SMILES string of the molecule is CC(C)(C)OC(=O)NC1CCC(NC(=O)c2ccc(F)cc2)CC1. The molecule has 1 aliphatic carbocycles. The highest BCUT2D eigenvalue weighted by Gasteiger charge is 2.25. The lowest BCUT2D eigenvalue weighted by atomic mass is 9.91. The summed E-state index contributed by atoms with van der Waals surface area (Å²) in [6, 6.07) is 5.63. The molecule has 6 heteroatoms. The fourth-order valence-electron chi connectivity index (χ4n) is 2.73. The van der Waals surface area contributed by atoms with E-state index in [0.29, 0.717) is 5.56 Å². The molecule has 0 bridgehead atoms. The first kappa shape index (κ1) is 18.2. The summed E-state index contributed by atoms with van der Waals surface area (Å²) in [5, 5.41) is 5.83. The molecule has 0 heterocycles. The molecule has 1 aromatic rings. The summed E-state index contributed by atoms with van der Waals surface area (Å²) in [6.45, 7) is 5.48. The van der Waals surface area contributed by atoms with E-state index in [1.165, 1.54) is 24.3 Å². The average molecular weight is 336 g/mol. The number of alkyl carbamates (subject to hydrolysis) is 1. The minimum Gasteiger partial charge on any atom is -0.444 e. The van der Waals surface area contributed by atoms with Crippen LogP contribution in [0.1, 0.15) is 56.8 Å². The van der Waals surface area contributed by atoms with Gasteiger partial charge in [0.15, 0.2) is 0 Å². The molecule has 1 aliphatic rings. The van der Waals surface area contributed by atoms with Crippen molar-refractivity contribution in [2.45, 2.75) is 64.1 Å². The number of carbonyl (C=O) groups is 2. The van der Waals surface area contributed by atoms with Crippen LogP contribution in [0.25, 0.3) is 0 Å². The first-order valence-electron chi connectivity index (χ1n) is 8.29. The molecule has 2 N–H and O–H groups in total. The fraction of sp³-hybridized carbons (Fsp3) is 0.556. The first-order chi connectivity index (χ1) is 11.2. The Hall–Kier alpha value is -2.11. The Labute approximate surface area is 142 Å². The number of hydrogen-bond donors (Lipinski definition) is 2. The summed E-state index contributed by atoms with van der Waals surface area (Å²) in [7, 11) is 0. The third kappa shape index (κ3) is 5.83. The Kier molecular flexibility index (Phi) is 5.80. The Bertz CT molecular complexity index is 573. The molecule has 0 aliphatic heterocycles. The van der Waals surface area contributed by atoms with Crippen molar-refractivity contribution in [3.05, 3.63) is 35.6 Å². The molecule has 24 heavy (non-hydrogen) atoms. The van der Waals surface area contributed by atoms with Crippen LogP contribution in [0.3, 0.4) is 0 Å². The van der Waals surface area contributed by atoms with Crippen LogP contribution in [0.4, 0.5) is 9.18 Å². The van der Waals surface area contributed by atoms with Crippen molar-refractivity contribution >= 4 is 12.0 Å². The zero-order chi connectivity index (χ0) is 17.7. The van der Waals surface area contributed by atoms with Crippen LogP contribution in [-0.2, 0) is 4.74 Å². The molecule has 0 spiro atoms. The van der Waals surface area contributed by atoms with Gasteiger partial charge in [0.05, 0.1) is 0 Å². The van der Waals surface area contributed by atoms with E-state index in [-0.39, 0.29) is 23.8 Å². The number of carbonyl (C=O) groups excluding carboxylic acids is 2. The topological polar surface area (TPSA) is 67.4 Å². The van der Waals surface area contributed by atoms with E-state index in [4.69, 9.17) is 4.74 Å². The van der Waals surface area contributed by atoms with Gasteiger partial charge in [-0.15, -0.1) is 0 Å². The molecule has 1 saturated carbocycles. The monoisotopic (exact) mass is 336 g/mol. The smallest absolute Gasteiger partial charge is 0.407 e. The molecule has 0 aromatic heterocycles. The molecule has 5 nitrogen and oxygen atoms in total. The van der Waals surface area contributed by atoms with Crippen LogP contribution in [-0.4, -0.2) is 29.7 Å². The molecule has 0 radical (unpaired) electrons. The van der Waals surface area contributed by atoms with Crippen molar-refractivity contribution in [1.82, 2.24) is 10.6 Å². The highest BCUT2D eigenvalue weighted by molar-refractivity contribution is 5.94. The maximum absolute atomic E-state index is 12.9. The number of ether oxygens (including phenoxy) is 1. The van der Waals surface area contributed by atoms with Gasteiger partial charge in [0.25, 0.3) is 5.91 Å². The highest BCUT2D eigenvalue weighted by atomic mass is 19.1. The molecular formula is C18H25FN2O3. The number of amides is 2. The van der Waals surface area contributed by atoms with E-state index >= 15 is 0 Å². The molecule has 0 atom stereocenters. The van der Waals surface area contributed by atoms with Gasteiger partial charge in [-0.3, -0.25) is 4.79 Å². The second-order valence-electron chi connectivity index (χ2n) is 7.18. The van der Waals surface area contributed by atoms with Crippen molar-refractivity contribution in [1.29, 1.82) is 0 Å². The summed E-state index contributed by atoms with van der Waals surface area (Å²) < 4.78 is 18.1. The van der Waals surface area contributed by atoms with E-state index in [1.54, 1.807) is 0 Å². The van der Waals surface area contributed by atoms with Gasteiger partial charge in [-0.25, -0.2) is 9.18 Å². The summed E-state index contributed by atoms with van der Waals surface area (Å²) in [5.74, 6) is -0.557. The van der Waals surface area contributed by atoms with Crippen LogP contribution in [0.2, 0.25) is 0 Å². The lowest BCUT2D eigenvalue weighted by molar-refractivity contribution is 0.0488. The Balaban J connectivity index is 1.75. The van der Waals surface area contributed by atoms with Gasteiger partial charge in [-0.2, -0.15) is 0 Å². The zero-order valence-electron chi connectivity index (χ0n) is 14.4. The lowest BCUT2D eigenvalue weighted by Gasteiger charge is -2.30. The fourth-order valence-corrected chi connectivity index (χ4v) is 2.73. The quantitative estimate of drug-likeness (QED) is 0.889. The van der Waals surface area contributed by atoms with Gasteiger partial charge in [0.2, 0.25) is 0 Å². The largest absolute Gasteiger partial charge is 0.444 e. The van der Waals surface area contributed by atoms with E-state index < -0.39 is 11.7 Å². The molecule has 0 unspecified atom stereocenters. The number of hydrogen-bond acceptors (Lipinski definition) is 3. The predicted molar refractivity (Wildman–Crippen MR) is 89.3 cm³/mol. The molecule has 0 saturated heterocycles. The van der Waals surface area contributed by atoms with Crippen molar-refractivity contribution in [2.75, 3.05) is 0 Å². The van der Waals surface area contributed by atoms with Crippen LogP contribution >= 0.6 is 0 Å². The normalized spacial score (nSPS) is 21.0. The Morgan fingerprint density at radius 2 is 1.50 bits per heavy atom. The number of nitrogens with one attached hydrogen (secondary N) is 2. The number of halogens is 1. The molecule has 2 amide bonds. The van der Waals surface area contributed by atoms with Gasteiger partial charge < -0.3 is 15.4 Å². The summed E-state index contributed by atoms with van der Waals surface area (Å²) in [5.41, 5.74) is -0.0601. The maximum Gasteiger partial charge on any atom is 0.407 e. The van der Waals surface area contributed by atoms with Crippen molar-refractivity contribution in [2.24, 2.45) is 0 Å². The maximum atomic E-state index is 12.9. The Morgan fingerprint density at radius 3 is 2.00 bits per heavy atom. The molecule has 1 aromatic carbocycles. The minimum absolute atomic E-state index is 0.0684. The third-order valence-corrected chi connectivity index (χ3v) is 3.89. The predicted octanol–water partition coefficient (Wildman–Crippen LogP) is 3.39. The van der Waals surface area contributed by atoms with Crippen molar-refractivity contribution in [3.63, 3.8) is 0 Å². The highest BCUT2D eigenvalue weighted by Crippen LogP contribution is 2.20. The molecule has 132 valence electrons. The minimum atomic E-state index is -0.510. The average Bonchev–Trinajstić information content (AvgIpc) is 2.48. The number of benzene rings is 1. The second-order valence-corrected chi connectivity index (χ2v) is 7.18. The molecule has 1 fully saturated rings.